The fraction of sp³-hybridized carbons (Fsp3) is 0.105. The molecule has 0 aliphatic carbocycles. The first-order chi connectivity index (χ1) is 13.0. The Bertz CT molecular complexity index is 931. The molecule has 3 amide bonds. The number of rotatable bonds is 5. The Balaban J connectivity index is 1.60. The number of hydrogen-bond donors (Lipinski definition) is 1. The molecule has 1 fully saturated rings. The minimum atomic E-state index is -0.506. The van der Waals surface area contributed by atoms with Gasteiger partial charge in [-0.25, -0.2) is 4.39 Å². The Labute approximate surface area is 164 Å². The molecule has 2 aromatic rings. The summed E-state index contributed by atoms with van der Waals surface area (Å²) in [5.74, 6) is -1.31. The Morgan fingerprint density at radius 2 is 1.85 bits per heavy atom. The van der Waals surface area contributed by atoms with Gasteiger partial charge < -0.3 is 5.32 Å². The van der Waals surface area contributed by atoms with Crippen LogP contribution < -0.4 is 5.32 Å². The largest absolute Gasteiger partial charge is 0.350 e. The van der Waals surface area contributed by atoms with Gasteiger partial charge in [-0.1, -0.05) is 29.8 Å². The minimum Gasteiger partial charge on any atom is -0.350 e. The van der Waals surface area contributed by atoms with Gasteiger partial charge in [-0.05, 0) is 48.2 Å². The van der Waals surface area contributed by atoms with Crippen LogP contribution in [0.5, 0.6) is 0 Å². The van der Waals surface area contributed by atoms with Crippen molar-refractivity contribution in [1.29, 1.82) is 0 Å². The van der Waals surface area contributed by atoms with Crippen LogP contribution in [0.25, 0.3) is 6.08 Å². The molecule has 2 aromatic carbocycles. The molecule has 1 aliphatic heterocycles. The maximum atomic E-state index is 13.7. The molecule has 0 saturated carbocycles. The predicted molar refractivity (Wildman–Crippen MR) is 103 cm³/mol. The van der Waals surface area contributed by atoms with Crippen LogP contribution in [0.15, 0.2) is 53.4 Å². The number of imide groups is 1. The highest BCUT2D eigenvalue weighted by Crippen LogP contribution is 2.32. The average Bonchev–Trinajstić information content (AvgIpc) is 2.91. The predicted octanol–water partition coefficient (Wildman–Crippen LogP) is 3.95. The summed E-state index contributed by atoms with van der Waals surface area (Å²) in [4.78, 5) is 37.7. The number of carbonyl (C=O) groups excluding carboxylic acids is 3. The van der Waals surface area contributed by atoms with Crippen LogP contribution in [0.3, 0.4) is 0 Å². The van der Waals surface area contributed by atoms with Crippen molar-refractivity contribution in [3.05, 3.63) is 75.4 Å². The van der Waals surface area contributed by atoms with Crippen molar-refractivity contribution in [2.24, 2.45) is 0 Å². The molecule has 1 N–H and O–H groups in total. The van der Waals surface area contributed by atoms with Crippen molar-refractivity contribution in [2.45, 2.75) is 0 Å². The summed E-state index contributed by atoms with van der Waals surface area (Å²) < 4.78 is 13.7. The zero-order chi connectivity index (χ0) is 19.4. The second kappa shape index (κ2) is 8.37. The lowest BCUT2D eigenvalue weighted by molar-refractivity contribution is -0.122. The lowest BCUT2D eigenvalue weighted by Gasteiger charge is -2.13. The van der Waals surface area contributed by atoms with Gasteiger partial charge in [0.2, 0.25) is 0 Å². The van der Waals surface area contributed by atoms with E-state index in [1.165, 1.54) is 18.2 Å². The lowest BCUT2D eigenvalue weighted by Crippen LogP contribution is -2.37. The van der Waals surface area contributed by atoms with E-state index < -0.39 is 17.0 Å². The molecule has 1 saturated heterocycles. The summed E-state index contributed by atoms with van der Waals surface area (Å²) in [5, 5.41) is 2.71. The zero-order valence-corrected chi connectivity index (χ0v) is 15.5. The third-order valence-electron chi connectivity index (χ3n) is 3.79. The number of halogens is 2. The van der Waals surface area contributed by atoms with Crippen molar-refractivity contribution in [1.82, 2.24) is 10.2 Å². The van der Waals surface area contributed by atoms with Gasteiger partial charge >= 0.3 is 0 Å². The van der Waals surface area contributed by atoms with Crippen molar-refractivity contribution in [2.75, 3.05) is 13.1 Å². The van der Waals surface area contributed by atoms with E-state index in [0.717, 1.165) is 16.7 Å². The van der Waals surface area contributed by atoms with Gasteiger partial charge in [0.1, 0.15) is 5.82 Å². The smallest absolute Gasteiger partial charge is 0.293 e. The number of thioether (sulfide) groups is 1. The van der Waals surface area contributed by atoms with Crippen LogP contribution in [0.1, 0.15) is 15.9 Å². The number of nitrogens with one attached hydrogen (secondary N) is 1. The van der Waals surface area contributed by atoms with E-state index in [-0.39, 0.29) is 29.5 Å². The van der Waals surface area contributed by atoms with E-state index in [2.05, 4.69) is 5.32 Å². The van der Waals surface area contributed by atoms with E-state index in [9.17, 15) is 18.8 Å². The number of hydrogen-bond acceptors (Lipinski definition) is 4. The summed E-state index contributed by atoms with van der Waals surface area (Å²) in [7, 11) is 0. The zero-order valence-electron chi connectivity index (χ0n) is 13.9. The Hall–Kier alpha value is -2.64. The monoisotopic (exact) mass is 404 g/mol. The third kappa shape index (κ3) is 4.56. The first kappa shape index (κ1) is 19.1. The fourth-order valence-corrected chi connectivity index (χ4v) is 3.39. The molecule has 0 atom stereocenters. The first-order valence-corrected chi connectivity index (χ1v) is 9.19. The van der Waals surface area contributed by atoms with Gasteiger partial charge in [-0.3, -0.25) is 19.3 Å². The Kier molecular flexibility index (Phi) is 5.93. The summed E-state index contributed by atoms with van der Waals surface area (Å²) in [6, 6.07) is 12.3. The molecule has 138 valence electrons. The van der Waals surface area contributed by atoms with Crippen LogP contribution in [0.4, 0.5) is 9.18 Å². The summed E-state index contributed by atoms with van der Waals surface area (Å²) in [6.07, 6.45) is 1.35. The summed E-state index contributed by atoms with van der Waals surface area (Å²) in [6.45, 7) is 0.130. The van der Waals surface area contributed by atoms with E-state index in [1.54, 1.807) is 36.4 Å². The van der Waals surface area contributed by atoms with Crippen LogP contribution >= 0.6 is 23.4 Å². The summed E-state index contributed by atoms with van der Waals surface area (Å²) >= 11 is 6.52. The molecule has 0 radical (unpaired) electrons. The molecular weight excluding hydrogens is 391 g/mol. The molecule has 0 spiro atoms. The van der Waals surface area contributed by atoms with Crippen LogP contribution in [0, 0.1) is 5.82 Å². The molecule has 0 aromatic heterocycles. The second-order valence-electron chi connectivity index (χ2n) is 5.62. The van der Waals surface area contributed by atoms with Crippen LogP contribution in [-0.2, 0) is 4.79 Å². The highest BCUT2D eigenvalue weighted by molar-refractivity contribution is 8.18. The second-order valence-corrected chi connectivity index (χ2v) is 7.05. The number of nitrogens with zero attached hydrogens (tertiary/aromatic N) is 1. The lowest BCUT2D eigenvalue weighted by atomic mass is 10.2. The maximum Gasteiger partial charge on any atom is 0.293 e. The van der Waals surface area contributed by atoms with Gasteiger partial charge in [-0.2, -0.15) is 0 Å². The van der Waals surface area contributed by atoms with E-state index in [0.29, 0.717) is 10.6 Å². The van der Waals surface area contributed by atoms with Crippen LogP contribution in [-0.4, -0.2) is 35.0 Å². The molecule has 5 nitrogen and oxygen atoms in total. The molecule has 8 heteroatoms. The van der Waals surface area contributed by atoms with Gasteiger partial charge in [0.15, 0.2) is 0 Å². The first-order valence-electron chi connectivity index (χ1n) is 7.99. The van der Waals surface area contributed by atoms with Crippen molar-refractivity contribution in [3.63, 3.8) is 0 Å². The average molecular weight is 405 g/mol. The van der Waals surface area contributed by atoms with Crippen LogP contribution in [0.2, 0.25) is 5.02 Å². The normalized spacial score (nSPS) is 15.5. The van der Waals surface area contributed by atoms with E-state index >= 15 is 0 Å². The Morgan fingerprint density at radius 1 is 1.15 bits per heavy atom. The van der Waals surface area contributed by atoms with Gasteiger partial charge in [0.05, 0.1) is 4.91 Å². The maximum absolute atomic E-state index is 13.7. The molecular formula is C19H14ClFN2O3S. The van der Waals surface area contributed by atoms with Crippen molar-refractivity contribution >= 4 is 46.5 Å². The van der Waals surface area contributed by atoms with E-state index in [4.69, 9.17) is 11.6 Å². The third-order valence-corrected chi connectivity index (χ3v) is 4.95. The molecule has 3 rings (SSSR count). The molecule has 27 heavy (non-hydrogen) atoms. The highest BCUT2D eigenvalue weighted by atomic mass is 35.5. The molecule has 1 aliphatic rings. The van der Waals surface area contributed by atoms with E-state index in [1.807, 2.05) is 0 Å². The van der Waals surface area contributed by atoms with Crippen molar-refractivity contribution < 1.29 is 18.8 Å². The van der Waals surface area contributed by atoms with Gasteiger partial charge in [-0.15, -0.1) is 0 Å². The highest BCUT2D eigenvalue weighted by Gasteiger charge is 2.34. The fourth-order valence-electron chi connectivity index (χ4n) is 2.41. The molecule has 1 heterocycles. The molecule has 0 unspecified atom stereocenters. The number of benzene rings is 2. The number of amides is 3. The Morgan fingerprint density at radius 3 is 2.56 bits per heavy atom. The van der Waals surface area contributed by atoms with Gasteiger partial charge in [0.25, 0.3) is 17.1 Å². The minimum absolute atomic E-state index is 0.0264. The topological polar surface area (TPSA) is 66.5 Å². The SMILES string of the molecule is O=C(NCCN1C(=O)SC(=Cc2ccccc2F)C1=O)c1ccc(Cl)cc1. The standard InChI is InChI=1S/C19H14ClFN2O3S/c20-14-7-5-12(6-8-14)17(24)22-9-10-23-18(25)16(27-19(23)26)11-13-3-1-2-4-15(13)21/h1-8,11H,9-10H2,(H,22,24). The van der Waals surface area contributed by atoms with Gasteiger partial charge in [0, 0.05) is 29.2 Å². The number of carbonyl (C=O) groups is 3. The quantitative estimate of drug-likeness (QED) is 0.766. The summed E-state index contributed by atoms with van der Waals surface area (Å²) in [5.41, 5.74) is 0.659. The molecule has 0 bridgehead atoms. The van der Waals surface area contributed by atoms with Crippen molar-refractivity contribution in [3.8, 4) is 0 Å².